The molecule has 3 heterocycles. The van der Waals surface area contributed by atoms with Crippen LogP contribution >= 0.6 is 0 Å². The third kappa shape index (κ3) is 4.44. The van der Waals surface area contributed by atoms with Gasteiger partial charge in [0.05, 0.1) is 0 Å². The van der Waals surface area contributed by atoms with Crippen LogP contribution in [-0.4, -0.2) is 74.5 Å². The first-order valence-corrected chi connectivity index (χ1v) is 9.36. The van der Waals surface area contributed by atoms with E-state index in [1.54, 1.807) is 0 Å². The van der Waals surface area contributed by atoms with Gasteiger partial charge in [0.25, 0.3) is 0 Å². The van der Waals surface area contributed by atoms with Crippen LogP contribution in [0.1, 0.15) is 39.5 Å². The number of hydrogen-bond donors (Lipinski definition) is 0. The van der Waals surface area contributed by atoms with E-state index in [0.717, 1.165) is 38.3 Å². The molecule has 4 heteroatoms. The van der Waals surface area contributed by atoms with Crippen molar-refractivity contribution in [3.05, 3.63) is 0 Å². The zero-order valence-corrected chi connectivity index (χ0v) is 14.5. The lowest BCUT2D eigenvalue weighted by Crippen LogP contribution is -2.58. The van der Waals surface area contributed by atoms with Crippen molar-refractivity contribution in [3.8, 4) is 0 Å². The molecule has 0 aromatic rings. The molecule has 4 nitrogen and oxygen atoms in total. The Bertz CT molecular complexity index is 315. The maximum absolute atomic E-state index is 5.51. The minimum atomic E-state index is 0.687. The molecule has 0 aliphatic carbocycles. The van der Waals surface area contributed by atoms with Crippen molar-refractivity contribution in [1.29, 1.82) is 0 Å². The van der Waals surface area contributed by atoms with Gasteiger partial charge in [0.2, 0.25) is 0 Å². The molecular formula is C18H34N2O2. The summed E-state index contributed by atoms with van der Waals surface area (Å²) in [4.78, 5) is 5.47. The van der Waals surface area contributed by atoms with E-state index in [-0.39, 0.29) is 0 Å². The van der Waals surface area contributed by atoms with Gasteiger partial charge in [-0.2, -0.15) is 0 Å². The van der Waals surface area contributed by atoms with E-state index >= 15 is 0 Å². The van der Waals surface area contributed by atoms with Gasteiger partial charge in [-0.25, -0.2) is 0 Å². The van der Waals surface area contributed by atoms with Crippen LogP contribution in [0.25, 0.3) is 0 Å². The topological polar surface area (TPSA) is 24.9 Å². The molecule has 3 aliphatic rings. The molecule has 22 heavy (non-hydrogen) atoms. The molecule has 3 saturated heterocycles. The van der Waals surface area contributed by atoms with E-state index in [9.17, 15) is 0 Å². The smallest absolute Gasteiger partial charge is 0.0469 e. The Balaban J connectivity index is 1.47. The molecule has 0 aromatic heterocycles. The van der Waals surface area contributed by atoms with Crippen molar-refractivity contribution in [2.75, 3.05) is 52.6 Å². The number of nitrogens with zero attached hydrogens (tertiary/aromatic N) is 2. The summed E-state index contributed by atoms with van der Waals surface area (Å²) >= 11 is 0. The maximum Gasteiger partial charge on any atom is 0.0469 e. The molecule has 128 valence electrons. The Morgan fingerprint density at radius 1 is 0.727 bits per heavy atom. The predicted molar refractivity (Wildman–Crippen MR) is 89.2 cm³/mol. The van der Waals surface area contributed by atoms with E-state index in [0.29, 0.717) is 12.1 Å². The second-order valence-electron chi connectivity index (χ2n) is 7.72. The van der Waals surface area contributed by atoms with Gasteiger partial charge in [-0.05, 0) is 51.4 Å². The Labute approximate surface area is 136 Å². The SMILES string of the molecule is C[C@H]1CN(CC2CCOCC2)C[C@H](C)N1CC1CCOCC1. The summed E-state index contributed by atoms with van der Waals surface area (Å²) in [6, 6.07) is 1.37. The Morgan fingerprint density at radius 2 is 1.18 bits per heavy atom. The summed E-state index contributed by atoms with van der Waals surface area (Å²) in [5.41, 5.74) is 0. The van der Waals surface area contributed by atoms with Crippen LogP contribution in [0.15, 0.2) is 0 Å². The predicted octanol–water partition coefficient (Wildman–Crippen LogP) is 2.23. The van der Waals surface area contributed by atoms with Gasteiger partial charge in [-0.1, -0.05) is 0 Å². The molecule has 0 spiro atoms. The molecule has 0 radical (unpaired) electrons. The third-order valence-electron chi connectivity index (χ3n) is 5.84. The van der Waals surface area contributed by atoms with Gasteiger partial charge in [0.15, 0.2) is 0 Å². The lowest BCUT2D eigenvalue weighted by molar-refractivity contribution is -0.0107. The molecule has 3 rings (SSSR count). The second kappa shape index (κ2) is 8.09. The normalized spacial score (nSPS) is 34.1. The molecule has 0 N–H and O–H groups in total. The van der Waals surface area contributed by atoms with E-state index < -0.39 is 0 Å². The first kappa shape index (κ1) is 16.7. The highest BCUT2D eigenvalue weighted by Gasteiger charge is 2.32. The van der Waals surface area contributed by atoms with Crippen LogP contribution < -0.4 is 0 Å². The van der Waals surface area contributed by atoms with Crippen molar-refractivity contribution in [2.24, 2.45) is 11.8 Å². The fourth-order valence-corrected chi connectivity index (χ4v) is 4.50. The zero-order chi connectivity index (χ0) is 15.4. The molecule has 3 fully saturated rings. The maximum atomic E-state index is 5.51. The Kier molecular flexibility index (Phi) is 6.14. The fourth-order valence-electron chi connectivity index (χ4n) is 4.50. The van der Waals surface area contributed by atoms with Crippen molar-refractivity contribution >= 4 is 0 Å². The largest absolute Gasteiger partial charge is 0.381 e. The average Bonchev–Trinajstić information content (AvgIpc) is 2.53. The quantitative estimate of drug-likeness (QED) is 0.795. The van der Waals surface area contributed by atoms with E-state index in [4.69, 9.17) is 9.47 Å². The average molecular weight is 310 g/mol. The van der Waals surface area contributed by atoms with E-state index in [1.165, 1.54) is 51.9 Å². The molecule has 0 saturated carbocycles. The van der Waals surface area contributed by atoms with Crippen LogP contribution in [0.3, 0.4) is 0 Å². The molecule has 0 aromatic carbocycles. The van der Waals surface area contributed by atoms with E-state index in [1.807, 2.05) is 0 Å². The molecular weight excluding hydrogens is 276 g/mol. The van der Waals surface area contributed by atoms with Crippen LogP contribution in [0, 0.1) is 11.8 Å². The Morgan fingerprint density at radius 3 is 1.68 bits per heavy atom. The van der Waals surface area contributed by atoms with Crippen LogP contribution in [0.4, 0.5) is 0 Å². The fraction of sp³-hybridized carbons (Fsp3) is 1.00. The number of piperazine rings is 1. The van der Waals surface area contributed by atoms with Gasteiger partial charge >= 0.3 is 0 Å². The molecule has 0 bridgehead atoms. The highest BCUT2D eigenvalue weighted by molar-refractivity contribution is 4.87. The minimum absolute atomic E-state index is 0.687. The molecule has 2 atom stereocenters. The second-order valence-corrected chi connectivity index (χ2v) is 7.72. The summed E-state index contributed by atoms with van der Waals surface area (Å²) < 4.78 is 11.0. The highest BCUT2D eigenvalue weighted by Crippen LogP contribution is 2.24. The number of rotatable bonds is 4. The van der Waals surface area contributed by atoms with E-state index in [2.05, 4.69) is 23.6 Å². The van der Waals surface area contributed by atoms with Crippen molar-refractivity contribution in [3.63, 3.8) is 0 Å². The summed E-state index contributed by atoms with van der Waals surface area (Å²) in [5, 5.41) is 0. The lowest BCUT2D eigenvalue weighted by atomic mass is 9.95. The van der Waals surface area contributed by atoms with Gasteiger partial charge in [-0.3, -0.25) is 9.80 Å². The summed E-state index contributed by atoms with van der Waals surface area (Å²) in [6.07, 6.45) is 5.01. The number of ether oxygens (including phenoxy) is 2. The van der Waals surface area contributed by atoms with Gasteiger partial charge < -0.3 is 9.47 Å². The first-order valence-electron chi connectivity index (χ1n) is 9.36. The third-order valence-corrected chi connectivity index (χ3v) is 5.84. The first-order chi connectivity index (χ1) is 10.7. The monoisotopic (exact) mass is 310 g/mol. The molecule has 3 aliphatic heterocycles. The summed E-state index contributed by atoms with van der Waals surface area (Å²) in [5.74, 6) is 1.70. The van der Waals surface area contributed by atoms with Crippen LogP contribution in [-0.2, 0) is 9.47 Å². The molecule has 0 unspecified atom stereocenters. The standard InChI is InChI=1S/C18H34N2O2/c1-15-11-19(13-17-3-7-21-8-4-17)12-16(2)20(15)14-18-5-9-22-10-6-18/h15-18H,3-14H2,1-2H3/t15-,16-/m0/s1. The molecule has 0 amide bonds. The van der Waals surface area contributed by atoms with Crippen LogP contribution in [0.5, 0.6) is 0 Å². The van der Waals surface area contributed by atoms with Crippen molar-refractivity contribution in [2.45, 2.75) is 51.6 Å². The Hall–Kier alpha value is -0.160. The lowest BCUT2D eigenvalue weighted by Gasteiger charge is -2.47. The van der Waals surface area contributed by atoms with Gasteiger partial charge in [0.1, 0.15) is 0 Å². The highest BCUT2D eigenvalue weighted by atomic mass is 16.5. The van der Waals surface area contributed by atoms with Gasteiger partial charge in [0, 0.05) is 64.7 Å². The summed E-state index contributed by atoms with van der Waals surface area (Å²) in [7, 11) is 0. The zero-order valence-electron chi connectivity index (χ0n) is 14.5. The summed E-state index contributed by atoms with van der Waals surface area (Å²) in [6.45, 7) is 13.8. The number of hydrogen-bond acceptors (Lipinski definition) is 4. The van der Waals surface area contributed by atoms with Crippen molar-refractivity contribution in [1.82, 2.24) is 9.80 Å². The van der Waals surface area contributed by atoms with Gasteiger partial charge in [-0.15, -0.1) is 0 Å². The minimum Gasteiger partial charge on any atom is -0.381 e. The van der Waals surface area contributed by atoms with Crippen LogP contribution in [0.2, 0.25) is 0 Å². The van der Waals surface area contributed by atoms with Crippen molar-refractivity contribution < 1.29 is 9.47 Å².